The van der Waals surface area contributed by atoms with Gasteiger partial charge in [-0.3, -0.25) is 9.69 Å². The van der Waals surface area contributed by atoms with Crippen molar-refractivity contribution in [1.82, 2.24) is 14.5 Å². The molecule has 1 fully saturated rings. The van der Waals surface area contributed by atoms with Crippen molar-refractivity contribution in [3.8, 4) is 0 Å². The first-order valence-electron chi connectivity index (χ1n) is 7.89. The van der Waals surface area contributed by atoms with Gasteiger partial charge in [0.25, 0.3) is 0 Å². The SMILES string of the molecule is O=C(CN1CCCCCC1)Nc1cnc2n1CCCC2. The second-order valence-electron chi connectivity index (χ2n) is 5.91. The predicted octanol–water partition coefficient (Wildman–Crippen LogP) is 2.03. The van der Waals surface area contributed by atoms with Crippen LogP contribution in [0.3, 0.4) is 0 Å². The summed E-state index contributed by atoms with van der Waals surface area (Å²) < 4.78 is 2.16. The van der Waals surface area contributed by atoms with E-state index in [0.29, 0.717) is 6.54 Å². The molecule has 1 aromatic rings. The molecular weight excluding hydrogens is 252 g/mol. The summed E-state index contributed by atoms with van der Waals surface area (Å²) in [7, 11) is 0. The average Bonchev–Trinajstić information content (AvgIpc) is 2.68. The number of likely N-dealkylation sites (tertiary alicyclic amines) is 1. The van der Waals surface area contributed by atoms with E-state index in [4.69, 9.17) is 0 Å². The number of fused-ring (bicyclic) bond motifs is 1. The highest BCUT2D eigenvalue weighted by Crippen LogP contribution is 2.19. The van der Waals surface area contributed by atoms with Crippen LogP contribution in [-0.2, 0) is 17.8 Å². The minimum Gasteiger partial charge on any atom is -0.315 e. The Kier molecular flexibility index (Phi) is 4.35. The lowest BCUT2D eigenvalue weighted by molar-refractivity contribution is -0.117. The zero-order chi connectivity index (χ0) is 13.8. The van der Waals surface area contributed by atoms with Crippen molar-refractivity contribution in [2.45, 2.75) is 51.5 Å². The molecule has 1 N–H and O–H groups in total. The van der Waals surface area contributed by atoms with Crippen molar-refractivity contribution in [2.24, 2.45) is 0 Å². The van der Waals surface area contributed by atoms with E-state index in [9.17, 15) is 4.79 Å². The Morgan fingerprint density at radius 1 is 1.10 bits per heavy atom. The molecule has 20 heavy (non-hydrogen) atoms. The van der Waals surface area contributed by atoms with Crippen molar-refractivity contribution < 1.29 is 4.79 Å². The quantitative estimate of drug-likeness (QED) is 0.919. The number of anilines is 1. The van der Waals surface area contributed by atoms with Gasteiger partial charge in [0, 0.05) is 13.0 Å². The summed E-state index contributed by atoms with van der Waals surface area (Å²) in [5.74, 6) is 2.08. The van der Waals surface area contributed by atoms with Crippen LogP contribution in [0.4, 0.5) is 5.82 Å². The van der Waals surface area contributed by atoms with Crippen LogP contribution in [0.1, 0.15) is 44.3 Å². The van der Waals surface area contributed by atoms with Crippen LogP contribution >= 0.6 is 0 Å². The molecule has 2 aliphatic rings. The minimum atomic E-state index is 0.0974. The smallest absolute Gasteiger partial charge is 0.239 e. The molecule has 0 bridgehead atoms. The van der Waals surface area contributed by atoms with Crippen LogP contribution in [0.2, 0.25) is 0 Å². The van der Waals surface area contributed by atoms with E-state index in [0.717, 1.165) is 37.7 Å². The summed E-state index contributed by atoms with van der Waals surface area (Å²) in [4.78, 5) is 18.9. The molecule has 0 atom stereocenters. The van der Waals surface area contributed by atoms with Crippen LogP contribution in [0.5, 0.6) is 0 Å². The fourth-order valence-electron chi connectivity index (χ4n) is 3.20. The molecule has 0 aromatic carbocycles. The van der Waals surface area contributed by atoms with Gasteiger partial charge in [0.2, 0.25) is 5.91 Å². The Morgan fingerprint density at radius 3 is 2.65 bits per heavy atom. The van der Waals surface area contributed by atoms with Crippen LogP contribution in [0.25, 0.3) is 0 Å². The van der Waals surface area contributed by atoms with Gasteiger partial charge in [-0.1, -0.05) is 12.8 Å². The molecule has 0 saturated carbocycles. The van der Waals surface area contributed by atoms with Crippen molar-refractivity contribution in [3.05, 3.63) is 12.0 Å². The van der Waals surface area contributed by atoms with Gasteiger partial charge < -0.3 is 9.88 Å². The highest BCUT2D eigenvalue weighted by atomic mass is 16.2. The zero-order valence-electron chi connectivity index (χ0n) is 12.1. The third kappa shape index (κ3) is 3.20. The number of nitrogens with zero attached hydrogens (tertiary/aromatic N) is 3. The molecule has 5 heteroatoms. The van der Waals surface area contributed by atoms with E-state index < -0.39 is 0 Å². The van der Waals surface area contributed by atoms with Crippen LogP contribution < -0.4 is 5.32 Å². The number of hydrogen-bond donors (Lipinski definition) is 1. The largest absolute Gasteiger partial charge is 0.315 e. The normalized spacial score (nSPS) is 20.2. The van der Waals surface area contributed by atoms with E-state index >= 15 is 0 Å². The van der Waals surface area contributed by atoms with E-state index in [1.165, 1.54) is 38.5 Å². The summed E-state index contributed by atoms with van der Waals surface area (Å²) in [6.45, 7) is 3.60. The van der Waals surface area contributed by atoms with Crippen molar-refractivity contribution in [1.29, 1.82) is 0 Å². The number of nitrogens with one attached hydrogen (secondary N) is 1. The van der Waals surface area contributed by atoms with Gasteiger partial charge in [-0.2, -0.15) is 0 Å². The van der Waals surface area contributed by atoms with E-state index in [-0.39, 0.29) is 5.91 Å². The number of carbonyl (C=O) groups excluding carboxylic acids is 1. The third-order valence-corrected chi connectivity index (χ3v) is 4.30. The lowest BCUT2D eigenvalue weighted by atomic mass is 10.2. The van der Waals surface area contributed by atoms with Gasteiger partial charge in [-0.15, -0.1) is 0 Å². The molecule has 3 rings (SSSR count). The van der Waals surface area contributed by atoms with Gasteiger partial charge >= 0.3 is 0 Å². The number of imidazole rings is 1. The Morgan fingerprint density at radius 2 is 1.85 bits per heavy atom. The highest BCUT2D eigenvalue weighted by molar-refractivity contribution is 5.91. The Labute approximate surface area is 120 Å². The summed E-state index contributed by atoms with van der Waals surface area (Å²) in [5.41, 5.74) is 0. The molecule has 2 aliphatic heterocycles. The Balaban J connectivity index is 1.57. The van der Waals surface area contributed by atoms with Gasteiger partial charge in [0.1, 0.15) is 11.6 Å². The second kappa shape index (κ2) is 6.39. The summed E-state index contributed by atoms with van der Waals surface area (Å²) in [5, 5.41) is 3.04. The third-order valence-electron chi connectivity index (χ3n) is 4.30. The number of carbonyl (C=O) groups is 1. The maximum atomic E-state index is 12.2. The maximum Gasteiger partial charge on any atom is 0.239 e. The van der Waals surface area contributed by atoms with Crippen LogP contribution in [0.15, 0.2) is 6.20 Å². The fourth-order valence-corrected chi connectivity index (χ4v) is 3.20. The van der Waals surface area contributed by atoms with Crippen molar-refractivity contribution in [3.63, 3.8) is 0 Å². The average molecular weight is 276 g/mol. The molecule has 110 valence electrons. The Bertz CT molecular complexity index is 460. The van der Waals surface area contributed by atoms with E-state index in [2.05, 4.69) is 19.8 Å². The predicted molar refractivity (Wildman–Crippen MR) is 78.7 cm³/mol. The standard InChI is InChI=1S/C15H24N4O/c20-15(12-18-8-4-1-2-5-9-18)17-14-11-16-13-7-3-6-10-19(13)14/h11H,1-10,12H2,(H,17,20). The second-order valence-corrected chi connectivity index (χ2v) is 5.91. The molecule has 0 spiro atoms. The first-order chi connectivity index (χ1) is 9.83. The summed E-state index contributed by atoms with van der Waals surface area (Å²) in [6, 6.07) is 0. The topological polar surface area (TPSA) is 50.2 Å². The maximum absolute atomic E-state index is 12.2. The fraction of sp³-hybridized carbons (Fsp3) is 0.733. The molecule has 1 amide bonds. The van der Waals surface area contributed by atoms with Gasteiger partial charge in [-0.25, -0.2) is 4.98 Å². The minimum absolute atomic E-state index is 0.0974. The van der Waals surface area contributed by atoms with E-state index in [1.807, 2.05) is 0 Å². The first-order valence-corrected chi connectivity index (χ1v) is 7.89. The van der Waals surface area contributed by atoms with Crippen molar-refractivity contribution >= 4 is 11.7 Å². The summed E-state index contributed by atoms with van der Waals surface area (Å²) in [6.07, 6.45) is 10.3. The lowest BCUT2D eigenvalue weighted by Gasteiger charge is -2.20. The van der Waals surface area contributed by atoms with Gasteiger partial charge in [0.05, 0.1) is 12.7 Å². The molecule has 5 nitrogen and oxygen atoms in total. The molecule has 0 unspecified atom stereocenters. The van der Waals surface area contributed by atoms with Crippen LogP contribution in [-0.4, -0.2) is 40.0 Å². The molecule has 0 aliphatic carbocycles. The number of aryl methyl sites for hydroxylation is 1. The van der Waals surface area contributed by atoms with E-state index in [1.54, 1.807) is 6.20 Å². The number of amides is 1. The first kappa shape index (κ1) is 13.6. The number of rotatable bonds is 3. The molecule has 1 aromatic heterocycles. The molecule has 0 radical (unpaired) electrons. The van der Waals surface area contributed by atoms with Gasteiger partial charge in [0.15, 0.2) is 0 Å². The molecular formula is C15H24N4O. The van der Waals surface area contributed by atoms with Crippen LogP contribution in [0, 0.1) is 0 Å². The number of aromatic nitrogens is 2. The highest BCUT2D eigenvalue weighted by Gasteiger charge is 2.17. The molecule has 3 heterocycles. The summed E-state index contributed by atoms with van der Waals surface area (Å²) >= 11 is 0. The number of hydrogen-bond acceptors (Lipinski definition) is 3. The van der Waals surface area contributed by atoms with Gasteiger partial charge in [-0.05, 0) is 38.8 Å². The monoisotopic (exact) mass is 276 g/mol. The van der Waals surface area contributed by atoms with Crippen molar-refractivity contribution in [2.75, 3.05) is 25.0 Å². The zero-order valence-corrected chi connectivity index (χ0v) is 12.1. The Hall–Kier alpha value is -1.36. The lowest BCUT2D eigenvalue weighted by Crippen LogP contribution is -2.34. The molecule has 1 saturated heterocycles.